The maximum Gasteiger partial charge on any atom is 0.303 e. The topological polar surface area (TPSA) is 119 Å². The Morgan fingerprint density at radius 3 is 2.56 bits per heavy atom. The van der Waals surface area contributed by atoms with Crippen molar-refractivity contribution >= 4 is 28.9 Å². The number of aromatic nitrogens is 6. The minimum atomic E-state index is -3.29. The van der Waals surface area contributed by atoms with E-state index in [1.807, 2.05) is 6.92 Å². The van der Waals surface area contributed by atoms with Gasteiger partial charge in [-0.15, -0.1) is 0 Å². The Labute approximate surface area is 193 Å². The van der Waals surface area contributed by atoms with Gasteiger partial charge in [0.1, 0.15) is 17.5 Å². The lowest BCUT2D eigenvalue weighted by atomic mass is 10.1. The van der Waals surface area contributed by atoms with Crippen LogP contribution in [0.4, 0.5) is 26.1 Å². The maximum absolute atomic E-state index is 14.3. The van der Waals surface area contributed by atoms with Gasteiger partial charge in [-0.05, 0) is 25.5 Å². The number of amides is 1. The van der Waals surface area contributed by atoms with Crippen LogP contribution in [0.3, 0.4) is 0 Å². The summed E-state index contributed by atoms with van der Waals surface area (Å²) < 4.78 is 35.5. The molecule has 0 fully saturated rings. The van der Waals surface area contributed by atoms with Gasteiger partial charge in [0.2, 0.25) is 11.7 Å². The van der Waals surface area contributed by atoms with E-state index in [0.717, 1.165) is 12.5 Å². The maximum atomic E-state index is 14.3. The minimum absolute atomic E-state index is 0.104. The molecule has 0 saturated heterocycles. The summed E-state index contributed by atoms with van der Waals surface area (Å²) in [6.45, 7) is 5.70. The van der Waals surface area contributed by atoms with Gasteiger partial charge in [0.05, 0.1) is 24.7 Å². The number of hydrogen-bond donors (Lipinski definition) is 2. The van der Waals surface area contributed by atoms with Gasteiger partial charge in [-0.3, -0.25) is 4.79 Å². The molecule has 0 saturated carbocycles. The third-order valence-corrected chi connectivity index (χ3v) is 4.79. The quantitative estimate of drug-likeness (QED) is 0.436. The van der Waals surface area contributed by atoms with Crippen molar-refractivity contribution in [1.29, 1.82) is 0 Å². The van der Waals surface area contributed by atoms with Crippen molar-refractivity contribution in [2.75, 3.05) is 17.7 Å². The van der Waals surface area contributed by atoms with E-state index in [9.17, 15) is 13.6 Å². The van der Waals surface area contributed by atoms with Gasteiger partial charge in [0.15, 0.2) is 11.4 Å². The molecule has 0 spiro atoms. The molecule has 0 radical (unpaired) electrons. The molecule has 0 aliphatic carbocycles. The van der Waals surface area contributed by atoms with Crippen LogP contribution in [0.5, 0.6) is 5.75 Å². The molecule has 0 aliphatic heterocycles. The Morgan fingerprint density at radius 2 is 1.88 bits per heavy atom. The van der Waals surface area contributed by atoms with Gasteiger partial charge >= 0.3 is 5.92 Å². The van der Waals surface area contributed by atoms with Crippen LogP contribution in [0.2, 0.25) is 0 Å². The number of carbonyl (C=O) groups excluding carboxylic acids is 1. The third kappa shape index (κ3) is 4.75. The van der Waals surface area contributed by atoms with Crippen molar-refractivity contribution in [3.63, 3.8) is 0 Å². The molecule has 34 heavy (non-hydrogen) atoms. The highest BCUT2D eigenvalue weighted by Gasteiger charge is 2.30. The molecule has 4 aromatic heterocycles. The fraction of sp³-hybridized carbons (Fsp3) is 0.273. The molecule has 176 valence electrons. The number of hydrogen-bond acceptors (Lipinski definition) is 8. The molecule has 10 nitrogen and oxygen atoms in total. The Morgan fingerprint density at radius 1 is 1.12 bits per heavy atom. The van der Waals surface area contributed by atoms with Gasteiger partial charge in [-0.1, -0.05) is 0 Å². The van der Waals surface area contributed by atoms with Crippen LogP contribution >= 0.6 is 0 Å². The van der Waals surface area contributed by atoms with Crippen LogP contribution in [-0.4, -0.2) is 42.6 Å². The highest BCUT2D eigenvalue weighted by Crippen LogP contribution is 2.33. The molecule has 0 unspecified atom stereocenters. The molecular formula is C22H22F2N8O2. The lowest BCUT2D eigenvalue weighted by Crippen LogP contribution is -2.15. The summed E-state index contributed by atoms with van der Waals surface area (Å²) >= 11 is 0. The second-order valence-corrected chi connectivity index (χ2v) is 7.77. The van der Waals surface area contributed by atoms with Gasteiger partial charge in [-0.2, -0.15) is 13.9 Å². The number of fused-ring (bicyclic) bond motifs is 1. The summed E-state index contributed by atoms with van der Waals surface area (Å²) in [6, 6.07) is 4.85. The third-order valence-electron chi connectivity index (χ3n) is 4.79. The van der Waals surface area contributed by atoms with Crippen LogP contribution in [0.1, 0.15) is 31.1 Å². The number of alkyl halides is 2. The highest BCUT2D eigenvalue weighted by molar-refractivity contribution is 5.88. The SMILES string of the molecule is COc1cnc(NC(C)=O)cc1Nc1cc(-c2cc(C)c3nc(C)nn3c2)nc(C(C)(F)F)n1. The number of nitrogens with one attached hydrogen (secondary N) is 2. The molecule has 1 amide bonds. The fourth-order valence-electron chi connectivity index (χ4n) is 3.34. The zero-order chi connectivity index (χ0) is 24.6. The van der Waals surface area contributed by atoms with Crippen LogP contribution in [-0.2, 0) is 10.7 Å². The zero-order valence-electron chi connectivity index (χ0n) is 19.1. The second-order valence-electron chi connectivity index (χ2n) is 7.77. The van der Waals surface area contributed by atoms with E-state index in [2.05, 4.69) is 35.7 Å². The number of pyridine rings is 2. The zero-order valence-corrected chi connectivity index (χ0v) is 19.1. The largest absolute Gasteiger partial charge is 0.493 e. The van der Waals surface area contributed by atoms with Crippen molar-refractivity contribution in [3.8, 4) is 17.0 Å². The van der Waals surface area contributed by atoms with Gasteiger partial charge in [0, 0.05) is 37.7 Å². The number of ether oxygens (including phenoxy) is 1. The number of halogens is 2. The molecule has 0 aromatic carbocycles. The smallest absolute Gasteiger partial charge is 0.303 e. The molecule has 12 heteroatoms. The number of methoxy groups -OCH3 is 1. The van der Waals surface area contributed by atoms with Crippen molar-refractivity contribution in [3.05, 3.63) is 47.8 Å². The van der Waals surface area contributed by atoms with Gasteiger partial charge in [0.25, 0.3) is 0 Å². The van der Waals surface area contributed by atoms with Crippen molar-refractivity contribution in [1.82, 2.24) is 29.5 Å². The first kappa shape index (κ1) is 23.0. The summed E-state index contributed by atoms with van der Waals surface area (Å²) in [7, 11) is 1.44. The van der Waals surface area contributed by atoms with Gasteiger partial charge < -0.3 is 15.4 Å². The van der Waals surface area contributed by atoms with Crippen LogP contribution in [0, 0.1) is 13.8 Å². The minimum Gasteiger partial charge on any atom is -0.493 e. The average molecular weight is 468 g/mol. The van der Waals surface area contributed by atoms with Crippen molar-refractivity contribution in [2.45, 2.75) is 33.6 Å². The lowest BCUT2D eigenvalue weighted by Gasteiger charge is -2.16. The van der Waals surface area contributed by atoms with Crippen molar-refractivity contribution in [2.24, 2.45) is 0 Å². The molecule has 0 bridgehead atoms. The summed E-state index contributed by atoms with van der Waals surface area (Å²) in [4.78, 5) is 28.0. The van der Waals surface area contributed by atoms with Gasteiger partial charge in [-0.25, -0.2) is 24.5 Å². The molecular weight excluding hydrogens is 446 g/mol. The number of carbonyl (C=O) groups is 1. The lowest BCUT2D eigenvalue weighted by molar-refractivity contribution is -0.114. The fourth-order valence-corrected chi connectivity index (χ4v) is 3.34. The summed E-state index contributed by atoms with van der Waals surface area (Å²) in [6.07, 6.45) is 3.07. The first-order valence-electron chi connectivity index (χ1n) is 10.2. The molecule has 0 aliphatic rings. The monoisotopic (exact) mass is 468 g/mol. The number of rotatable bonds is 6. The first-order chi connectivity index (χ1) is 16.0. The number of anilines is 3. The first-order valence-corrected chi connectivity index (χ1v) is 10.2. The Kier molecular flexibility index (Phi) is 5.82. The van der Waals surface area contributed by atoms with Crippen LogP contribution in [0.25, 0.3) is 16.9 Å². The summed E-state index contributed by atoms with van der Waals surface area (Å²) in [5.41, 5.74) is 2.68. The molecule has 0 atom stereocenters. The van der Waals surface area contributed by atoms with E-state index in [1.54, 1.807) is 23.7 Å². The van der Waals surface area contributed by atoms with E-state index >= 15 is 0 Å². The average Bonchev–Trinajstić information content (AvgIpc) is 3.13. The predicted octanol–water partition coefficient (Wildman–Crippen LogP) is 4.02. The second kappa shape index (κ2) is 8.61. The van der Waals surface area contributed by atoms with Crippen molar-refractivity contribution < 1.29 is 18.3 Å². The number of aryl methyl sites for hydroxylation is 2. The van der Waals surface area contributed by atoms with Crippen LogP contribution < -0.4 is 15.4 Å². The van der Waals surface area contributed by atoms with E-state index in [1.165, 1.54) is 32.4 Å². The van der Waals surface area contributed by atoms with Crippen LogP contribution in [0.15, 0.2) is 30.6 Å². The Balaban J connectivity index is 1.82. The van der Waals surface area contributed by atoms with E-state index in [0.29, 0.717) is 28.5 Å². The Hall–Kier alpha value is -4.22. The van der Waals surface area contributed by atoms with E-state index in [-0.39, 0.29) is 23.2 Å². The predicted molar refractivity (Wildman–Crippen MR) is 121 cm³/mol. The standard InChI is InChI=1S/C22H22F2N8O2/c1-11-6-14(10-32-20(11)26-12(2)31-32)15-7-19(30-21(29-15)22(4,23)24)28-16-8-18(27-13(3)33)25-9-17(16)34-5/h6-10H,1-5H3,(H2,25,27,28,29,30,33). The molecule has 2 N–H and O–H groups in total. The Bertz CT molecular complexity index is 1400. The summed E-state index contributed by atoms with van der Waals surface area (Å²) in [5.74, 6) is -2.98. The molecule has 4 heterocycles. The molecule has 4 aromatic rings. The number of nitrogens with zero attached hydrogens (tertiary/aromatic N) is 6. The van der Waals surface area contributed by atoms with E-state index in [4.69, 9.17) is 4.74 Å². The van der Waals surface area contributed by atoms with E-state index < -0.39 is 11.7 Å². The summed E-state index contributed by atoms with van der Waals surface area (Å²) in [5, 5.41) is 9.86. The normalized spacial score (nSPS) is 11.5. The highest BCUT2D eigenvalue weighted by atomic mass is 19.3. The molecule has 4 rings (SSSR count).